The van der Waals surface area contributed by atoms with Crippen molar-refractivity contribution < 1.29 is 22.7 Å². The van der Waals surface area contributed by atoms with Crippen molar-refractivity contribution in [3.63, 3.8) is 0 Å². The normalized spacial score (nSPS) is 10.8. The first-order valence-corrected chi connectivity index (χ1v) is 9.02. The zero-order valence-corrected chi connectivity index (χ0v) is 15.0. The van der Waals surface area contributed by atoms with E-state index in [0.29, 0.717) is 22.9 Å². The first kappa shape index (κ1) is 18.6. The van der Waals surface area contributed by atoms with E-state index in [1.54, 1.807) is 31.2 Å². The van der Waals surface area contributed by atoms with E-state index in [1.807, 2.05) is 0 Å². The highest BCUT2D eigenvalue weighted by Gasteiger charge is 2.17. The molecule has 2 rings (SSSR count). The van der Waals surface area contributed by atoms with Crippen LogP contribution in [0.1, 0.15) is 13.3 Å². The summed E-state index contributed by atoms with van der Waals surface area (Å²) in [5.74, 6) is 0.762. The van der Waals surface area contributed by atoms with Gasteiger partial charge in [-0.2, -0.15) is 0 Å². The van der Waals surface area contributed by atoms with Gasteiger partial charge in [-0.3, -0.25) is 9.52 Å². The molecule has 0 spiro atoms. The van der Waals surface area contributed by atoms with Crippen molar-refractivity contribution in [3.05, 3.63) is 42.5 Å². The topological polar surface area (TPSA) is 93.7 Å². The van der Waals surface area contributed by atoms with Crippen LogP contribution in [0, 0.1) is 0 Å². The predicted octanol–water partition coefficient (Wildman–Crippen LogP) is 2.85. The molecule has 0 saturated heterocycles. The summed E-state index contributed by atoms with van der Waals surface area (Å²) in [4.78, 5) is 11.6. The summed E-state index contributed by atoms with van der Waals surface area (Å²) in [6.45, 7) is 1.70. The molecule has 2 aromatic carbocycles. The molecule has 0 fully saturated rings. The van der Waals surface area contributed by atoms with E-state index in [4.69, 9.17) is 9.47 Å². The van der Waals surface area contributed by atoms with Crippen LogP contribution in [-0.2, 0) is 14.8 Å². The Labute approximate surface area is 147 Å². The van der Waals surface area contributed by atoms with Crippen molar-refractivity contribution in [2.24, 2.45) is 0 Å². The first-order chi connectivity index (χ1) is 11.9. The van der Waals surface area contributed by atoms with Gasteiger partial charge in [0.05, 0.1) is 24.8 Å². The van der Waals surface area contributed by atoms with Crippen LogP contribution in [-0.4, -0.2) is 28.5 Å². The third kappa shape index (κ3) is 4.63. The highest BCUT2D eigenvalue weighted by atomic mass is 32.2. The summed E-state index contributed by atoms with van der Waals surface area (Å²) in [6, 6.07) is 10.8. The van der Waals surface area contributed by atoms with Gasteiger partial charge in [0.2, 0.25) is 5.91 Å². The molecule has 7 nitrogen and oxygen atoms in total. The number of carbonyl (C=O) groups excluding carboxylic acids is 1. The summed E-state index contributed by atoms with van der Waals surface area (Å²) in [5, 5.41) is 2.63. The van der Waals surface area contributed by atoms with E-state index in [0.717, 1.165) is 0 Å². The SMILES string of the molecule is CCC(=O)Nc1cc(S(=O)(=O)Nc2ccc(OC)cc2)ccc1OC. The number of hydrogen-bond donors (Lipinski definition) is 2. The van der Waals surface area contributed by atoms with Crippen molar-refractivity contribution in [1.82, 2.24) is 0 Å². The molecule has 0 aliphatic heterocycles. The number of methoxy groups -OCH3 is 2. The zero-order chi connectivity index (χ0) is 18.4. The van der Waals surface area contributed by atoms with Crippen molar-refractivity contribution in [3.8, 4) is 11.5 Å². The highest BCUT2D eigenvalue weighted by Crippen LogP contribution is 2.29. The lowest BCUT2D eigenvalue weighted by Crippen LogP contribution is -2.15. The monoisotopic (exact) mass is 364 g/mol. The minimum atomic E-state index is -3.82. The zero-order valence-electron chi connectivity index (χ0n) is 14.2. The molecule has 25 heavy (non-hydrogen) atoms. The molecule has 0 radical (unpaired) electrons. The lowest BCUT2D eigenvalue weighted by molar-refractivity contribution is -0.115. The smallest absolute Gasteiger partial charge is 0.261 e. The van der Waals surface area contributed by atoms with Crippen LogP contribution in [0.15, 0.2) is 47.4 Å². The third-order valence-electron chi connectivity index (χ3n) is 3.42. The van der Waals surface area contributed by atoms with Gasteiger partial charge in [0.25, 0.3) is 10.0 Å². The number of anilines is 2. The molecule has 0 atom stereocenters. The quantitative estimate of drug-likeness (QED) is 0.788. The molecule has 2 N–H and O–H groups in total. The summed E-state index contributed by atoms with van der Waals surface area (Å²) in [6.07, 6.45) is 0.268. The minimum Gasteiger partial charge on any atom is -0.497 e. The van der Waals surface area contributed by atoms with Gasteiger partial charge in [0, 0.05) is 12.1 Å². The van der Waals surface area contributed by atoms with E-state index in [2.05, 4.69) is 10.0 Å². The lowest BCUT2D eigenvalue weighted by Gasteiger charge is -2.13. The van der Waals surface area contributed by atoms with Crippen LogP contribution < -0.4 is 19.5 Å². The second kappa shape index (κ2) is 7.89. The maximum atomic E-state index is 12.6. The minimum absolute atomic E-state index is 0.00974. The number of rotatable bonds is 7. The van der Waals surface area contributed by atoms with Gasteiger partial charge in [-0.05, 0) is 42.5 Å². The van der Waals surface area contributed by atoms with Gasteiger partial charge in [-0.15, -0.1) is 0 Å². The van der Waals surface area contributed by atoms with Gasteiger partial charge < -0.3 is 14.8 Å². The number of benzene rings is 2. The summed E-state index contributed by atoms with van der Waals surface area (Å²) < 4.78 is 37.8. The second-order valence-corrected chi connectivity index (χ2v) is 6.78. The molecule has 0 aliphatic carbocycles. The van der Waals surface area contributed by atoms with Crippen LogP contribution in [0.5, 0.6) is 11.5 Å². The van der Waals surface area contributed by atoms with E-state index in [1.165, 1.54) is 32.4 Å². The van der Waals surface area contributed by atoms with Gasteiger partial charge in [0.15, 0.2) is 0 Å². The Bertz CT molecular complexity index is 848. The largest absolute Gasteiger partial charge is 0.497 e. The predicted molar refractivity (Wildman–Crippen MR) is 95.7 cm³/mol. The molecule has 0 aliphatic rings. The molecule has 2 aromatic rings. The van der Waals surface area contributed by atoms with Gasteiger partial charge >= 0.3 is 0 Å². The van der Waals surface area contributed by atoms with Gasteiger partial charge in [-0.1, -0.05) is 6.92 Å². The summed E-state index contributed by atoms with van der Waals surface area (Å²) >= 11 is 0. The van der Waals surface area contributed by atoms with E-state index < -0.39 is 10.0 Å². The van der Waals surface area contributed by atoms with E-state index in [-0.39, 0.29) is 17.2 Å². The van der Waals surface area contributed by atoms with Gasteiger partial charge in [0.1, 0.15) is 11.5 Å². The number of sulfonamides is 1. The average Bonchev–Trinajstić information content (AvgIpc) is 2.61. The molecule has 0 bridgehead atoms. The Hall–Kier alpha value is -2.74. The van der Waals surface area contributed by atoms with Crippen molar-refractivity contribution in [2.45, 2.75) is 18.2 Å². The fourth-order valence-corrected chi connectivity index (χ4v) is 3.15. The summed E-state index contributed by atoms with van der Waals surface area (Å²) in [5.41, 5.74) is 0.697. The second-order valence-electron chi connectivity index (χ2n) is 5.10. The van der Waals surface area contributed by atoms with Crippen molar-refractivity contribution in [2.75, 3.05) is 24.3 Å². The standard InChI is InChI=1S/C17H20N2O5S/c1-4-17(20)18-15-11-14(9-10-16(15)24-3)25(21,22)19-12-5-7-13(23-2)8-6-12/h5-11,19H,4H2,1-3H3,(H,18,20). The van der Waals surface area contributed by atoms with E-state index >= 15 is 0 Å². The van der Waals surface area contributed by atoms with E-state index in [9.17, 15) is 13.2 Å². The van der Waals surface area contributed by atoms with Crippen LogP contribution in [0.2, 0.25) is 0 Å². The average molecular weight is 364 g/mol. The molecule has 8 heteroatoms. The van der Waals surface area contributed by atoms with Crippen LogP contribution in [0.4, 0.5) is 11.4 Å². The molecule has 0 saturated carbocycles. The number of carbonyl (C=O) groups is 1. The Morgan fingerprint density at radius 3 is 2.28 bits per heavy atom. The molecule has 134 valence electrons. The molecule has 0 unspecified atom stereocenters. The Morgan fingerprint density at radius 1 is 1.04 bits per heavy atom. The molecular formula is C17H20N2O5S. The van der Waals surface area contributed by atoms with Crippen LogP contribution in [0.3, 0.4) is 0 Å². The maximum Gasteiger partial charge on any atom is 0.261 e. The Kier molecular flexibility index (Phi) is 5.87. The molecule has 0 heterocycles. The maximum absolute atomic E-state index is 12.6. The third-order valence-corrected chi connectivity index (χ3v) is 4.80. The van der Waals surface area contributed by atoms with Crippen LogP contribution >= 0.6 is 0 Å². The lowest BCUT2D eigenvalue weighted by atomic mass is 10.3. The fraction of sp³-hybridized carbons (Fsp3) is 0.235. The fourth-order valence-electron chi connectivity index (χ4n) is 2.06. The molecular weight excluding hydrogens is 344 g/mol. The highest BCUT2D eigenvalue weighted by molar-refractivity contribution is 7.92. The number of nitrogens with one attached hydrogen (secondary N) is 2. The Morgan fingerprint density at radius 2 is 1.72 bits per heavy atom. The van der Waals surface area contributed by atoms with Crippen molar-refractivity contribution >= 4 is 27.3 Å². The number of amides is 1. The number of hydrogen-bond acceptors (Lipinski definition) is 5. The molecule has 0 aromatic heterocycles. The molecule has 1 amide bonds. The first-order valence-electron chi connectivity index (χ1n) is 7.54. The van der Waals surface area contributed by atoms with Crippen molar-refractivity contribution in [1.29, 1.82) is 0 Å². The Balaban J connectivity index is 2.31. The number of ether oxygens (including phenoxy) is 2. The van der Waals surface area contributed by atoms with Gasteiger partial charge in [-0.25, -0.2) is 8.42 Å². The van der Waals surface area contributed by atoms with Crippen LogP contribution in [0.25, 0.3) is 0 Å². The summed E-state index contributed by atoms with van der Waals surface area (Å²) in [7, 11) is -0.845.